The molecule has 1 aliphatic rings. The fourth-order valence-corrected chi connectivity index (χ4v) is 2.71. The van der Waals surface area contributed by atoms with E-state index in [2.05, 4.69) is 6.07 Å². The molecule has 3 N–H and O–H groups in total. The largest absolute Gasteiger partial charge is 0.504 e. The minimum Gasteiger partial charge on any atom is -0.504 e. The third-order valence-corrected chi connectivity index (χ3v) is 4.24. The maximum absolute atomic E-state index is 10.3. The molecule has 0 radical (unpaired) electrons. The van der Waals surface area contributed by atoms with E-state index in [9.17, 15) is 5.11 Å². The van der Waals surface area contributed by atoms with Crippen molar-refractivity contribution in [1.29, 1.82) is 0 Å². The van der Waals surface area contributed by atoms with Crippen LogP contribution in [0.3, 0.4) is 0 Å². The Morgan fingerprint density at radius 3 is 2.47 bits per heavy atom. The predicted molar refractivity (Wildman–Crippen MR) is 68.7 cm³/mol. The molecular formula is C14H21NO2. The maximum atomic E-state index is 10.3. The number of hydrogen-bond acceptors (Lipinski definition) is 3. The Kier molecular flexibility index (Phi) is 3.04. The highest BCUT2D eigenvalue weighted by Gasteiger charge is 2.40. The molecule has 2 rings (SSSR count). The van der Waals surface area contributed by atoms with Crippen molar-refractivity contribution in [2.75, 3.05) is 13.7 Å². The maximum Gasteiger partial charge on any atom is 0.163 e. The second-order valence-electron chi connectivity index (χ2n) is 5.09. The number of methoxy groups -OCH3 is 1. The van der Waals surface area contributed by atoms with Gasteiger partial charge in [-0.2, -0.15) is 0 Å². The molecule has 0 aliphatic heterocycles. The van der Waals surface area contributed by atoms with Crippen molar-refractivity contribution >= 4 is 0 Å². The number of rotatable bonds is 3. The number of hydrogen-bond donors (Lipinski definition) is 2. The van der Waals surface area contributed by atoms with Gasteiger partial charge in [0.2, 0.25) is 0 Å². The van der Waals surface area contributed by atoms with Crippen LogP contribution in [0, 0.1) is 13.8 Å². The van der Waals surface area contributed by atoms with Crippen LogP contribution < -0.4 is 10.5 Å². The molecule has 3 nitrogen and oxygen atoms in total. The zero-order valence-corrected chi connectivity index (χ0v) is 10.8. The Bertz CT molecular complexity index is 431. The Hall–Kier alpha value is -1.22. The first-order chi connectivity index (χ1) is 8.05. The number of aryl methyl sites for hydroxylation is 1. The highest BCUT2D eigenvalue weighted by atomic mass is 16.5. The van der Waals surface area contributed by atoms with Gasteiger partial charge in [-0.25, -0.2) is 0 Å². The molecule has 0 amide bonds. The lowest BCUT2D eigenvalue weighted by Crippen LogP contribution is -2.41. The van der Waals surface area contributed by atoms with Crippen LogP contribution in [0.2, 0.25) is 0 Å². The molecule has 94 valence electrons. The van der Waals surface area contributed by atoms with E-state index in [1.165, 1.54) is 6.42 Å². The molecular weight excluding hydrogens is 214 g/mol. The zero-order valence-electron chi connectivity index (χ0n) is 10.8. The van der Waals surface area contributed by atoms with Crippen LogP contribution >= 0.6 is 0 Å². The minimum atomic E-state index is -0.0319. The van der Waals surface area contributed by atoms with Gasteiger partial charge in [0, 0.05) is 17.5 Å². The van der Waals surface area contributed by atoms with Crippen molar-refractivity contribution in [2.45, 2.75) is 38.5 Å². The standard InChI is InChI=1S/C14H21NO2/c1-9-7-11(14(8-15)5-4-6-14)12(16)13(17-3)10(9)2/h7,16H,4-6,8,15H2,1-3H3. The topological polar surface area (TPSA) is 55.5 Å². The van der Waals surface area contributed by atoms with Crippen LogP contribution in [-0.4, -0.2) is 18.8 Å². The molecule has 0 unspecified atom stereocenters. The molecule has 0 bridgehead atoms. The van der Waals surface area contributed by atoms with E-state index in [1.54, 1.807) is 7.11 Å². The van der Waals surface area contributed by atoms with Crippen LogP contribution in [0.4, 0.5) is 0 Å². The van der Waals surface area contributed by atoms with Crippen LogP contribution in [0.5, 0.6) is 11.5 Å². The monoisotopic (exact) mass is 235 g/mol. The number of ether oxygens (including phenoxy) is 1. The minimum absolute atomic E-state index is 0.0319. The second-order valence-corrected chi connectivity index (χ2v) is 5.09. The van der Waals surface area contributed by atoms with Crippen molar-refractivity contribution in [3.8, 4) is 11.5 Å². The lowest BCUT2D eigenvalue weighted by Gasteiger charge is -2.42. The SMILES string of the molecule is COc1c(C)c(C)cc(C2(CN)CCC2)c1O. The number of benzene rings is 1. The Morgan fingerprint density at radius 2 is 2.06 bits per heavy atom. The zero-order chi connectivity index (χ0) is 12.6. The van der Waals surface area contributed by atoms with Crippen molar-refractivity contribution in [2.24, 2.45) is 5.73 Å². The van der Waals surface area contributed by atoms with E-state index in [4.69, 9.17) is 10.5 Å². The van der Waals surface area contributed by atoms with E-state index >= 15 is 0 Å². The fourth-order valence-electron chi connectivity index (χ4n) is 2.71. The molecule has 0 atom stereocenters. The third-order valence-electron chi connectivity index (χ3n) is 4.24. The van der Waals surface area contributed by atoms with Gasteiger partial charge in [-0.15, -0.1) is 0 Å². The Labute approximate surface area is 103 Å². The summed E-state index contributed by atoms with van der Waals surface area (Å²) in [5.74, 6) is 0.875. The third kappa shape index (κ3) is 1.69. The van der Waals surface area contributed by atoms with E-state index in [1.807, 2.05) is 13.8 Å². The molecule has 1 saturated carbocycles. The summed E-state index contributed by atoms with van der Waals surface area (Å²) in [7, 11) is 1.60. The Balaban J connectivity index is 2.58. The molecule has 0 aromatic heterocycles. The van der Waals surface area contributed by atoms with Gasteiger partial charge in [0.1, 0.15) is 0 Å². The average Bonchev–Trinajstić information content (AvgIpc) is 2.25. The average molecular weight is 235 g/mol. The van der Waals surface area contributed by atoms with Gasteiger partial charge in [0.05, 0.1) is 7.11 Å². The van der Waals surface area contributed by atoms with Gasteiger partial charge in [0.25, 0.3) is 0 Å². The highest BCUT2D eigenvalue weighted by molar-refractivity contribution is 5.57. The predicted octanol–water partition coefficient (Wildman–Crippen LogP) is 2.40. The van der Waals surface area contributed by atoms with Gasteiger partial charge in [0.15, 0.2) is 11.5 Å². The van der Waals surface area contributed by atoms with Crippen molar-refractivity contribution < 1.29 is 9.84 Å². The molecule has 0 heterocycles. The number of nitrogens with two attached hydrogens (primary N) is 1. The molecule has 17 heavy (non-hydrogen) atoms. The van der Waals surface area contributed by atoms with Crippen molar-refractivity contribution in [3.63, 3.8) is 0 Å². The summed E-state index contributed by atoms with van der Waals surface area (Å²) >= 11 is 0. The smallest absolute Gasteiger partial charge is 0.163 e. The van der Waals surface area contributed by atoms with Gasteiger partial charge >= 0.3 is 0 Å². The van der Waals surface area contributed by atoms with Crippen LogP contribution in [0.15, 0.2) is 6.07 Å². The molecule has 3 heteroatoms. The molecule has 1 fully saturated rings. The van der Waals surface area contributed by atoms with E-state index in [0.717, 1.165) is 29.5 Å². The van der Waals surface area contributed by atoms with E-state index < -0.39 is 0 Å². The summed E-state index contributed by atoms with van der Waals surface area (Å²) < 4.78 is 5.31. The molecule has 1 aromatic carbocycles. The number of aromatic hydroxyl groups is 1. The number of phenols is 1. The summed E-state index contributed by atoms with van der Waals surface area (Å²) in [5.41, 5.74) is 8.98. The normalized spacial score (nSPS) is 17.6. The van der Waals surface area contributed by atoms with Gasteiger partial charge in [-0.05, 0) is 37.8 Å². The molecule has 0 spiro atoms. The summed E-state index contributed by atoms with van der Waals surface area (Å²) in [4.78, 5) is 0. The molecule has 1 aliphatic carbocycles. The van der Waals surface area contributed by atoms with Gasteiger partial charge < -0.3 is 15.6 Å². The first kappa shape index (κ1) is 12.2. The van der Waals surface area contributed by atoms with Gasteiger partial charge in [-0.1, -0.05) is 12.5 Å². The lowest BCUT2D eigenvalue weighted by molar-refractivity contribution is 0.242. The summed E-state index contributed by atoms with van der Waals surface area (Å²) in [6, 6.07) is 2.07. The first-order valence-electron chi connectivity index (χ1n) is 6.13. The van der Waals surface area contributed by atoms with Gasteiger partial charge in [-0.3, -0.25) is 0 Å². The lowest BCUT2D eigenvalue weighted by atomic mass is 9.64. The quantitative estimate of drug-likeness (QED) is 0.845. The van der Waals surface area contributed by atoms with Crippen LogP contribution in [0.25, 0.3) is 0 Å². The van der Waals surface area contributed by atoms with E-state index in [-0.39, 0.29) is 11.2 Å². The number of phenolic OH excluding ortho intramolecular Hbond substituents is 1. The summed E-state index contributed by atoms with van der Waals surface area (Å²) in [6.45, 7) is 4.60. The first-order valence-corrected chi connectivity index (χ1v) is 6.13. The van der Waals surface area contributed by atoms with Crippen molar-refractivity contribution in [1.82, 2.24) is 0 Å². The van der Waals surface area contributed by atoms with E-state index in [0.29, 0.717) is 12.3 Å². The molecule has 1 aromatic rings. The van der Waals surface area contributed by atoms with Crippen LogP contribution in [0.1, 0.15) is 36.0 Å². The summed E-state index contributed by atoms with van der Waals surface area (Å²) in [5, 5.41) is 10.3. The van der Waals surface area contributed by atoms with Crippen molar-refractivity contribution in [3.05, 3.63) is 22.8 Å². The summed E-state index contributed by atoms with van der Waals surface area (Å²) in [6.07, 6.45) is 3.30. The molecule has 0 saturated heterocycles. The Morgan fingerprint density at radius 1 is 1.41 bits per heavy atom. The van der Waals surface area contributed by atoms with Crippen LogP contribution in [-0.2, 0) is 5.41 Å². The fraction of sp³-hybridized carbons (Fsp3) is 0.571. The second kappa shape index (κ2) is 4.22. The highest BCUT2D eigenvalue weighted by Crippen LogP contribution is 2.49.